The van der Waals surface area contributed by atoms with E-state index in [1.807, 2.05) is 11.8 Å². The second-order valence-corrected chi connectivity index (χ2v) is 12.4. The first kappa shape index (κ1) is 24.4. The monoisotopic (exact) mass is 542 g/mol. The summed E-state index contributed by atoms with van der Waals surface area (Å²) in [6.07, 6.45) is 6.42. The standard InChI is InChI=1S/C31H35FN6O2/c1-17-29(34-38-14-21(9-24(32)30(17)38)31(39)37-13-20-6-8-25(37)28(20)33)27-10-19-5-7-22(35-15-23(16-35)40-2)11-26(19)36(27)12-18-3-4-18/h5,7,9-11,14,18,20,23,25,28H,3-4,6,8,12-13,15-16,33H2,1-2H3. The number of carbonyl (C=O) groups excluding carboxylic acids is 1. The molecule has 2 bridgehead atoms. The zero-order chi connectivity index (χ0) is 27.3. The number of fused-ring (bicyclic) bond motifs is 4. The van der Waals surface area contributed by atoms with Gasteiger partial charge in [0, 0.05) is 68.2 Å². The SMILES string of the molecule is COC1CN(c2ccc3cc(-c4nn5cc(C(=O)N6CC7CCC6C7N)cc(F)c5c4C)n(CC4CC4)c3c2)C1. The van der Waals surface area contributed by atoms with Crippen molar-refractivity contribution in [3.05, 3.63) is 53.5 Å². The Labute approximate surface area is 232 Å². The van der Waals surface area contributed by atoms with Crippen LogP contribution in [0.2, 0.25) is 0 Å². The van der Waals surface area contributed by atoms with Crippen LogP contribution in [0, 0.1) is 24.6 Å². The van der Waals surface area contributed by atoms with Gasteiger partial charge in [-0.3, -0.25) is 4.79 Å². The molecule has 3 atom stereocenters. The molecule has 2 saturated heterocycles. The lowest BCUT2D eigenvalue weighted by Crippen LogP contribution is -2.51. The third-order valence-electron chi connectivity index (χ3n) is 9.89. The summed E-state index contributed by atoms with van der Waals surface area (Å²) >= 11 is 0. The number of halogens is 1. The van der Waals surface area contributed by atoms with Crippen LogP contribution in [-0.4, -0.2) is 69.9 Å². The maximum atomic E-state index is 15.6. The smallest absolute Gasteiger partial charge is 0.255 e. The third-order valence-corrected chi connectivity index (χ3v) is 9.89. The van der Waals surface area contributed by atoms with Crippen LogP contribution in [0.25, 0.3) is 27.8 Å². The molecule has 1 amide bonds. The highest BCUT2D eigenvalue weighted by Crippen LogP contribution is 2.40. The van der Waals surface area contributed by atoms with E-state index in [9.17, 15) is 4.79 Å². The minimum absolute atomic E-state index is 0.0208. The quantitative estimate of drug-likeness (QED) is 0.395. The van der Waals surface area contributed by atoms with Gasteiger partial charge in [0.15, 0.2) is 0 Å². The lowest BCUT2D eigenvalue weighted by Gasteiger charge is -2.40. The van der Waals surface area contributed by atoms with Crippen molar-refractivity contribution in [2.45, 2.75) is 57.3 Å². The number of aromatic nitrogens is 3. The number of nitrogens with two attached hydrogens (primary N) is 1. The first-order valence-electron chi connectivity index (χ1n) is 14.6. The molecule has 2 saturated carbocycles. The van der Waals surface area contributed by atoms with Crippen LogP contribution in [0.5, 0.6) is 0 Å². The number of piperidine rings is 1. The zero-order valence-corrected chi connectivity index (χ0v) is 23.0. The van der Waals surface area contributed by atoms with E-state index in [4.69, 9.17) is 15.6 Å². The van der Waals surface area contributed by atoms with Gasteiger partial charge in [-0.15, -0.1) is 0 Å². The van der Waals surface area contributed by atoms with Gasteiger partial charge in [0.25, 0.3) is 5.91 Å². The van der Waals surface area contributed by atoms with Crippen molar-refractivity contribution < 1.29 is 13.9 Å². The normalized spacial score (nSPS) is 24.6. The maximum Gasteiger partial charge on any atom is 0.255 e. The summed E-state index contributed by atoms with van der Waals surface area (Å²) in [5.41, 5.74) is 12.0. The van der Waals surface area contributed by atoms with Crippen LogP contribution in [0.3, 0.4) is 0 Å². The van der Waals surface area contributed by atoms with E-state index in [2.05, 4.69) is 33.7 Å². The molecule has 5 heterocycles. The van der Waals surface area contributed by atoms with Crippen LogP contribution in [-0.2, 0) is 11.3 Å². The highest BCUT2D eigenvalue weighted by molar-refractivity contribution is 5.95. The fourth-order valence-electron chi connectivity index (χ4n) is 7.27. The molecule has 3 unspecified atom stereocenters. The maximum absolute atomic E-state index is 15.6. The van der Waals surface area contributed by atoms with E-state index < -0.39 is 5.82 Å². The molecule has 2 N–H and O–H groups in total. The zero-order valence-electron chi connectivity index (χ0n) is 23.0. The van der Waals surface area contributed by atoms with Gasteiger partial charge >= 0.3 is 0 Å². The number of benzene rings is 1. The predicted molar refractivity (Wildman–Crippen MR) is 152 cm³/mol. The number of hydrogen-bond donors (Lipinski definition) is 1. The Kier molecular flexibility index (Phi) is 5.35. The average Bonchev–Trinajstić information content (AvgIpc) is 3.32. The Morgan fingerprint density at radius 3 is 2.65 bits per heavy atom. The summed E-state index contributed by atoms with van der Waals surface area (Å²) < 4.78 is 25.1. The number of rotatable bonds is 6. The van der Waals surface area contributed by atoms with Crippen molar-refractivity contribution in [3.63, 3.8) is 0 Å². The number of carbonyl (C=O) groups is 1. The Morgan fingerprint density at radius 2 is 1.95 bits per heavy atom. The lowest BCUT2D eigenvalue weighted by atomic mass is 10.1. The molecule has 2 aliphatic carbocycles. The molecule has 8 nitrogen and oxygen atoms in total. The van der Waals surface area contributed by atoms with Gasteiger partial charge in [-0.05, 0) is 68.7 Å². The van der Waals surface area contributed by atoms with E-state index in [1.165, 1.54) is 30.1 Å². The highest BCUT2D eigenvalue weighted by Gasteiger charge is 2.47. The van der Waals surface area contributed by atoms with Crippen LogP contribution in [0.15, 0.2) is 36.5 Å². The second kappa shape index (κ2) is 8.78. The number of hydrogen-bond acceptors (Lipinski definition) is 5. The Morgan fingerprint density at radius 1 is 1.12 bits per heavy atom. The van der Waals surface area contributed by atoms with Gasteiger partial charge in [-0.25, -0.2) is 8.91 Å². The molecule has 208 valence electrons. The van der Waals surface area contributed by atoms with Crippen molar-refractivity contribution >= 4 is 28.0 Å². The number of methoxy groups -OCH3 is 1. The van der Waals surface area contributed by atoms with Gasteiger partial charge < -0.3 is 24.8 Å². The fourth-order valence-corrected chi connectivity index (χ4v) is 7.27. The van der Waals surface area contributed by atoms with Gasteiger partial charge in [-0.2, -0.15) is 5.10 Å². The lowest BCUT2D eigenvalue weighted by molar-refractivity contribution is 0.0699. The number of nitrogens with zero attached hydrogens (tertiary/aromatic N) is 5. The summed E-state index contributed by atoms with van der Waals surface area (Å²) in [7, 11) is 1.77. The van der Waals surface area contributed by atoms with E-state index in [-0.39, 0.29) is 24.1 Å². The number of anilines is 1. The topological polar surface area (TPSA) is 81.0 Å². The first-order chi connectivity index (χ1) is 19.4. The van der Waals surface area contributed by atoms with Crippen molar-refractivity contribution in [2.75, 3.05) is 31.6 Å². The van der Waals surface area contributed by atoms with Crippen LogP contribution >= 0.6 is 0 Å². The molecule has 2 aliphatic heterocycles. The molecule has 4 aliphatic rings. The van der Waals surface area contributed by atoms with Crippen LogP contribution < -0.4 is 10.6 Å². The Hall–Kier alpha value is -3.43. The summed E-state index contributed by atoms with van der Waals surface area (Å²) in [5.74, 6) is 0.418. The average molecular weight is 543 g/mol. The van der Waals surface area contributed by atoms with Gasteiger partial charge in [0.2, 0.25) is 0 Å². The van der Waals surface area contributed by atoms with Crippen molar-refractivity contribution in [2.24, 2.45) is 17.6 Å². The first-order valence-corrected chi connectivity index (χ1v) is 14.6. The summed E-state index contributed by atoms with van der Waals surface area (Å²) in [4.78, 5) is 17.6. The number of aryl methyl sites for hydroxylation is 1. The molecule has 40 heavy (non-hydrogen) atoms. The van der Waals surface area contributed by atoms with Crippen molar-refractivity contribution in [1.82, 2.24) is 19.1 Å². The number of ether oxygens (including phenoxy) is 1. The molecule has 0 spiro atoms. The van der Waals surface area contributed by atoms with Crippen molar-refractivity contribution in [1.29, 1.82) is 0 Å². The Bertz CT molecular complexity index is 1670. The van der Waals surface area contributed by atoms with E-state index in [0.29, 0.717) is 29.5 Å². The molecule has 8 rings (SSSR count). The number of amides is 1. The molecular formula is C31H35FN6O2. The number of likely N-dealkylation sites (tertiary alicyclic amines) is 1. The third kappa shape index (κ3) is 3.63. The summed E-state index contributed by atoms with van der Waals surface area (Å²) in [6, 6.07) is 10.2. The number of pyridine rings is 1. The minimum Gasteiger partial charge on any atom is -0.378 e. The van der Waals surface area contributed by atoms with Crippen LogP contribution in [0.4, 0.5) is 10.1 Å². The molecule has 3 aromatic heterocycles. The highest BCUT2D eigenvalue weighted by atomic mass is 19.1. The van der Waals surface area contributed by atoms with E-state index in [1.54, 1.807) is 17.8 Å². The van der Waals surface area contributed by atoms with E-state index in [0.717, 1.165) is 54.8 Å². The molecule has 9 heteroatoms. The molecule has 1 aromatic carbocycles. The largest absolute Gasteiger partial charge is 0.378 e. The predicted octanol–water partition coefficient (Wildman–Crippen LogP) is 4.21. The van der Waals surface area contributed by atoms with Gasteiger partial charge in [0.1, 0.15) is 17.0 Å². The van der Waals surface area contributed by atoms with Gasteiger partial charge in [-0.1, -0.05) is 6.07 Å². The fraction of sp³-hybridized carbons (Fsp3) is 0.484. The molecular weight excluding hydrogens is 507 g/mol. The second-order valence-electron chi connectivity index (χ2n) is 12.4. The molecule has 4 aromatic rings. The van der Waals surface area contributed by atoms with E-state index >= 15 is 4.39 Å². The molecule has 4 fully saturated rings. The summed E-state index contributed by atoms with van der Waals surface area (Å²) in [6.45, 7) is 5.29. The Balaban J connectivity index is 1.19. The van der Waals surface area contributed by atoms with Crippen LogP contribution in [0.1, 0.15) is 41.6 Å². The summed E-state index contributed by atoms with van der Waals surface area (Å²) in [5, 5.41) is 6.05. The minimum atomic E-state index is -0.423. The van der Waals surface area contributed by atoms with Gasteiger partial charge in [0.05, 0.1) is 22.9 Å². The van der Waals surface area contributed by atoms with Crippen molar-refractivity contribution in [3.8, 4) is 11.4 Å². The molecule has 0 radical (unpaired) electrons.